The SMILES string of the molecule is CCCC(NC(=O)Cn1c(=O)c2c(ncn2CCOC)n(Cc2ccccc2)c1=O)c1ccccc1. The number of rotatable bonds is 11. The van der Waals surface area contributed by atoms with Crippen molar-refractivity contribution in [3.8, 4) is 0 Å². The number of ether oxygens (including phenoxy) is 1. The topological polar surface area (TPSA) is 100 Å². The van der Waals surface area contributed by atoms with Crippen molar-refractivity contribution in [2.75, 3.05) is 13.7 Å². The molecule has 2 heterocycles. The number of nitrogens with one attached hydrogen (secondary N) is 1. The maximum absolute atomic E-state index is 13.5. The Morgan fingerprint density at radius 3 is 2.39 bits per heavy atom. The van der Waals surface area contributed by atoms with Gasteiger partial charge in [0.1, 0.15) is 6.54 Å². The molecule has 1 unspecified atom stereocenters. The largest absolute Gasteiger partial charge is 0.383 e. The lowest BCUT2D eigenvalue weighted by atomic mass is 10.0. The molecule has 1 atom stereocenters. The van der Waals surface area contributed by atoms with Crippen molar-refractivity contribution >= 4 is 17.1 Å². The summed E-state index contributed by atoms with van der Waals surface area (Å²) in [5.41, 5.74) is 1.30. The van der Waals surface area contributed by atoms with Crippen LogP contribution in [0.2, 0.25) is 0 Å². The maximum atomic E-state index is 13.5. The minimum atomic E-state index is -0.574. The first-order valence-corrected chi connectivity index (χ1v) is 12.1. The lowest BCUT2D eigenvalue weighted by Crippen LogP contribution is -2.45. The molecule has 0 aliphatic heterocycles. The highest BCUT2D eigenvalue weighted by atomic mass is 16.5. The van der Waals surface area contributed by atoms with Crippen LogP contribution in [-0.2, 0) is 29.2 Å². The smallest absolute Gasteiger partial charge is 0.333 e. The van der Waals surface area contributed by atoms with E-state index in [4.69, 9.17) is 4.74 Å². The van der Waals surface area contributed by atoms with Gasteiger partial charge in [0.15, 0.2) is 11.2 Å². The monoisotopic (exact) mass is 489 g/mol. The van der Waals surface area contributed by atoms with Crippen LogP contribution in [0.15, 0.2) is 76.6 Å². The molecular formula is C27H31N5O4. The molecule has 0 spiro atoms. The summed E-state index contributed by atoms with van der Waals surface area (Å²) in [5, 5.41) is 3.01. The number of imidazole rings is 1. The average molecular weight is 490 g/mol. The summed E-state index contributed by atoms with van der Waals surface area (Å²) in [6.45, 7) is 2.65. The number of hydrogen-bond donors (Lipinski definition) is 1. The third kappa shape index (κ3) is 5.46. The molecular weight excluding hydrogens is 458 g/mol. The van der Waals surface area contributed by atoms with E-state index in [1.54, 1.807) is 11.7 Å². The number of amides is 1. The van der Waals surface area contributed by atoms with Crippen molar-refractivity contribution in [3.63, 3.8) is 0 Å². The molecule has 0 radical (unpaired) electrons. The molecule has 2 aromatic heterocycles. The molecule has 9 heteroatoms. The van der Waals surface area contributed by atoms with E-state index in [1.807, 2.05) is 67.6 Å². The molecule has 9 nitrogen and oxygen atoms in total. The number of aromatic nitrogens is 4. The standard InChI is InChI=1S/C27H31N5O4/c1-3-10-22(21-13-8-5-9-14-21)29-23(33)18-32-26(34)24-25(28-19-30(24)15-16-36-2)31(27(32)35)17-20-11-6-4-7-12-20/h4-9,11-14,19,22H,3,10,15-18H2,1-2H3,(H,29,33). The molecule has 2 aromatic carbocycles. The Balaban J connectivity index is 1.73. The molecule has 0 aliphatic rings. The van der Waals surface area contributed by atoms with Gasteiger partial charge in [-0.15, -0.1) is 0 Å². The van der Waals surface area contributed by atoms with Crippen molar-refractivity contribution < 1.29 is 9.53 Å². The van der Waals surface area contributed by atoms with E-state index in [2.05, 4.69) is 10.3 Å². The van der Waals surface area contributed by atoms with Crippen LogP contribution in [0.1, 0.15) is 36.9 Å². The minimum absolute atomic E-state index is 0.207. The van der Waals surface area contributed by atoms with Gasteiger partial charge in [0, 0.05) is 13.7 Å². The van der Waals surface area contributed by atoms with Crippen molar-refractivity contribution in [1.82, 2.24) is 24.0 Å². The first-order chi connectivity index (χ1) is 17.5. The predicted octanol–water partition coefficient (Wildman–Crippen LogP) is 2.71. The van der Waals surface area contributed by atoms with Crippen LogP contribution in [0.5, 0.6) is 0 Å². The Bertz CT molecular complexity index is 1420. The van der Waals surface area contributed by atoms with Gasteiger partial charge in [0.05, 0.1) is 25.5 Å². The zero-order valence-electron chi connectivity index (χ0n) is 20.6. The van der Waals surface area contributed by atoms with E-state index >= 15 is 0 Å². The molecule has 0 bridgehead atoms. The molecule has 0 fully saturated rings. The Hall–Kier alpha value is -3.98. The van der Waals surface area contributed by atoms with Gasteiger partial charge in [-0.25, -0.2) is 14.3 Å². The third-order valence-corrected chi connectivity index (χ3v) is 6.12. The highest BCUT2D eigenvalue weighted by molar-refractivity contribution is 5.77. The second-order valence-electron chi connectivity index (χ2n) is 8.67. The summed E-state index contributed by atoms with van der Waals surface area (Å²) < 4.78 is 9.28. The Morgan fingerprint density at radius 2 is 1.72 bits per heavy atom. The van der Waals surface area contributed by atoms with E-state index in [1.165, 1.54) is 10.9 Å². The predicted molar refractivity (Wildman–Crippen MR) is 138 cm³/mol. The van der Waals surface area contributed by atoms with E-state index in [9.17, 15) is 14.4 Å². The molecule has 36 heavy (non-hydrogen) atoms. The number of methoxy groups -OCH3 is 1. The van der Waals surface area contributed by atoms with Crippen molar-refractivity contribution in [3.05, 3.63) is 99.0 Å². The lowest BCUT2D eigenvalue weighted by Gasteiger charge is -2.19. The van der Waals surface area contributed by atoms with Crippen LogP contribution in [0.4, 0.5) is 0 Å². The number of nitrogens with zero attached hydrogens (tertiary/aromatic N) is 4. The summed E-state index contributed by atoms with van der Waals surface area (Å²) in [7, 11) is 1.58. The number of carbonyl (C=O) groups excluding carboxylic acids is 1. The Morgan fingerprint density at radius 1 is 1.03 bits per heavy atom. The molecule has 0 aliphatic carbocycles. The van der Waals surface area contributed by atoms with Gasteiger partial charge < -0.3 is 14.6 Å². The minimum Gasteiger partial charge on any atom is -0.383 e. The van der Waals surface area contributed by atoms with Gasteiger partial charge in [0.2, 0.25) is 5.91 Å². The lowest BCUT2D eigenvalue weighted by molar-refractivity contribution is -0.122. The van der Waals surface area contributed by atoms with Gasteiger partial charge in [0.25, 0.3) is 5.56 Å². The fourth-order valence-corrected chi connectivity index (χ4v) is 4.33. The molecule has 4 rings (SSSR count). The molecule has 1 amide bonds. The van der Waals surface area contributed by atoms with Gasteiger partial charge in [-0.05, 0) is 17.5 Å². The molecule has 0 saturated heterocycles. The van der Waals surface area contributed by atoms with Gasteiger partial charge in [-0.3, -0.25) is 14.2 Å². The molecule has 188 valence electrons. The van der Waals surface area contributed by atoms with Crippen molar-refractivity contribution in [2.45, 2.75) is 45.4 Å². The van der Waals surface area contributed by atoms with Crippen LogP contribution in [0.3, 0.4) is 0 Å². The quantitative estimate of drug-likeness (QED) is 0.349. The van der Waals surface area contributed by atoms with Crippen molar-refractivity contribution in [1.29, 1.82) is 0 Å². The van der Waals surface area contributed by atoms with Crippen LogP contribution < -0.4 is 16.6 Å². The first kappa shape index (κ1) is 25.1. The van der Waals surface area contributed by atoms with Crippen LogP contribution >= 0.6 is 0 Å². The second kappa shape index (κ2) is 11.6. The maximum Gasteiger partial charge on any atom is 0.333 e. The van der Waals surface area contributed by atoms with Crippen molar-refractivity contribution in [2.24, 2.45) is 0 Å². The first-order valence-electron chi connectivity index (χ1n) is 12.1. The Kier molecular flexibility index (Phi) is 8.12. The summed E-state index contributed by atoms with van der Waals surface area (Å²) >= 11 is 0. The molecule has 0 saturated carbocycles. The van der Waals surface area contributed by atoms with E-state index in [-0.39, 0.29) is 30.3 Å². The number of hydrogen-bond acceptors (Lipinski definition) is 5. The fraction of sp³-hybridized carbons (Fsp3) is 0.333. The molecule has 4 aromatic rings. The van der Waals surface area contributed by atoms with Crippen LogP contribution in [-0.4, -0.2) is 38.3 Å². The zero-order chi connectivity index (χ0) is 25.5. The van der Waals surface area contributed by atoms with E-state index in [0.717, 1.165) is 28.5 Å². The van der Waals surface area contributed by atoms with E-state index in [0.29, 0.717) is 13.2 Å². The highest BCUT2D eigenvalue weighted by Gasteiger charge is 2.21. The summed E-state index contributed by atoms with van der Waals surface area (Å²) in [6.07, 6.45) is 3.14. The van der Waals surface area contributed by atoms with Gasteiger partial charge >= 0.3 is 5.69 Å². The Labute approximate surface area is 209 Å². The third-order valence-electron chi connectivity index (χ3n) is 6.12. The number of carbonyl (C=O) groups is 1. The number of benzene rings is 2. The van der Waals surface area contributed by atoms with E-state index < -0.39 is 17.2 Å². The summed E-state index contributed by atoms with van der Waals surface area (Å²) in [6, 6.07) is 18.9. The van der Waals surface area contributed by atoms with Gasteiger partial charge in [-0.1, -0.05) is 74.0 Å². The zero-order valence-corrected chi connectivity index (χ0v) is 20.6. The number of fused-ring (bicyclic) bond motifs is 1. The summed E-state index contributed by atoms with van der Waals surface area (Å²) in [5.74, 6) is -0.398. The second-order valence-corrected chi connectivity index (χ2v) is 8.67. The molecule has 1 N–H and O–H groups in total. The van der Waals surface area contributed by atoms with Crippen LogP contribution in [0.25, 0.3) is 11.2 Å². The van der Waals surface area contributed by atoms with Gasteiger partial charge in [-0.2, -0.15) is 0 Å². The normalized spacial score (nSPS) is 12.1. The van der Waals surface area contributed by atoms with Crippen LogP contribution in [0, 0.1) is 0 Å². The highest BCUT2D eigenvalue weighted by Crippen LogP contribution is 2.18. The summed E-state index contributed by atoms with van der Waals surface area (Å²) in [4.78, 5) is 44.5. The fourth-order valence-electron chi connectivity index (χ4n) is 4.33. The average Bonchev–Trinajstić information content (AvgIpc) is 3.32.